The Labute approximate surface area is 259 Å². The molecule has 1 fully saturated rings. The second-order valence-electron chi connectivity index (χ2n) is 10.6. The predicted octanol–water partition coefficient (Wildman–Crippen LogP) is 5.83. The third kappa shape index (κ3) is 8.40. The minimum atomic E-state index is -4.09. The van der Waals surface area contributed by atoms with Crippen LogP contribution in [0.1, 0.15) is 22.3 Å². The number of benzene rings is 4. The first kappa shape index (κ1) is 32.0. The molecule has 0 radical (unpaired) electrons. The minimum absolute atomic E-state index is 0.0989. The van der Waals surface area contributed by atoms with Gasteiger partial charge in [0.2, 0.25) is 0 Å². The molecule has 1 heterocycles. The highest BCUT2D eigenvalue weighted by Gasteiger charge is 2.49. The molecule has 4 aromatic rings. The predicted molar refractivity (Wildman–Crippen MR) is 165 cm³/mol. The van der Waals surface area contributed by atoms with Gasteiger partial charge >= 0.3 is 0 Å². The summed E-state index contributed by atoms with van der Waals surface area (Å²) in [4.78, 5) is 0.0989. The van der Waals surface area contributed by atoms with E-state index in [1.807, 2.05) is 91.0 Å². The SMILES string of the molecule is CO[C@H]1O[C@H](COS(=O)(=O)c2ccccc2C)[C@@H](OCc2ccccc2)[C@H](OCc2ccccc2)[C@@H]1OCc1ccccc1. The Morgan fingerprint density at radius 3 is 1.57 bits per heavy atom. The quantitative estimate of drug-likeness (QED) is 0.163. The van der Waals surface area contributed by atoms with Crippen molar-refractivity contribution in [2.45, 2.75) is 62.3 Å². The molecular formula is C35H38O8S. The van der Waals surface area contributed by atoms with E-state index in [0.29, 0.717) is 5.56 Å². The molecule has 4 aromatic carbocycles. The maximum atomic E-state index is 13.2. The molecule has 0 aliphatic carbocycles. The Morgan fingerprint density at radius 2 is 1.07 bits per heavy atom. The van der Waals surface area contributed by atoms with Crippen molar-refractivity contribution >= 4 is 10.1 Å². The van der Waals surface area contributed by atoms with Gasteiger partial charge in [-0.1, -0.05) is 109 Å². The van der Waals surface area contributed by atoms with E-state index in [1.165, 1.54) is 13.2 Å². The summed E-state index contributed by atoms with van der Waals surface area (Å²) >= 11 is 0. The highest BCUT2D eigenvalue weighted by Crippen LogP contribution is 2.32. The lowest BCUT2D eigenvalue weighted by atomic mass is 9.98. The Balaban J connectivity index is 1.44. The molecule has 232 valence electrons. The van der Waals surface area contributed by atoms with Crippen molar-refractivity contribution in [2.24, 2.45) is 0 Å². The second kappa shape index (κ2) is 15.5. The number of hydrogen-bond donors (Lipinski definition) is 0. The molecule has 0 spiro atoms. The number of methoxy groups -OCH3 is 1. The molecule has 0 bridgehead atoms. The summed E-state index contributed by atoms with van der Waals surface area (Å²) in [6.07, 6.45) is -3.91. The standard InChI is InChI=1S/C35H38O8S/c1-26-14-12-13-21-31(26)44(36,37)42-25-30-32(39-22-27-15-6-3-7-16-27)33(40-23-28-17-8-4-9-18-28)34(35(38-2)43-30)41-24-29-19-10-5-11-20-29/h3-21,30,32-35H,22-25H2,1-2H3/t30-,32-,33+,34+,35+/m1/s1. The first-order chi connectivity index (χ1) is 21.4. The van der Waals surface area contributed by atoms with Gasteiger partial charge < -0.3 is 23.7 Å². The van der Waals surface area contributed by atoms with Gasteiger partial charge in [0.15, 0.2) is 6.29 Å². The zero-order valence-corrected chi connectivity index (χ0v) is 25.7. The lowest BCUT2D eigenvalue weighted by Crippen LogP contribution is -2.61. The van der Waals surface area contributed by atoms with Crippen LogP contribution >= 0.6 is 0 Å². The van der Waals surface area contributed by atoms with E-state index < -0.39 is 40.8 Å². The van der Waals surface area contributed by atoms with Gasteiger partial charge in [-0.3, -0.25) is 4.18 Å². The molecule has 1 saturated heterocycles. The molecule has 5 rings (SSSR count). The summed E-state index contributed by atoms with van der Waals surface area (Å²) in [5, 5.41) is 0. The Kier molecular flexibility index (Phi) is 11.3. The van der Waals surface area contributed by atoms with Gasteiger partial charge in [-0.2, -0.15) is 8.42 Å². The van der Waals surface area contributed by atoms with Crippen LogP contribution < -0.4 is 0 Å². The van der Waals surface area contributed by atoms with Gasteiger partial charge in [0.25, 0.3) is 10.1 Å². The first-order valence-electron chi connectivity index (χ1n) is 14.5. The summed E-state index contributed by atoms with van der Waals surface area (Å²) in [6, 6.07) is 36.0. The molecule has 0 N–H and O–H groups in total. The Bertz CT molecular complexity index is 1530. The maximum absolute atomic E-state index is 13.2. The molecule has 1 aliphatic heterocycles. The van der Waals surface area contributed by atoms with Crippen molar-refractivity contribution < 1.29 is 36.3 Å². The molecule has 0 unspecified atom stereocenters. The van der Waals surface area contributed by atoms with E-state index in [9.17, 15) is 8.42 Å². The topological polar surface area (TPSA) is 89.5 Å². The summed E-state index contributed by atoms with van der Waals surface area (Å²) < 4.78 is 63.7. The highest BCUT2D eigenvalue weighted by atomic mass is 32.2. The largest absolute Gasteiger partial charge is 0.368 e. The van der Waals surface area contributed by atoms with E-state index in [4.69, 9.17) is 27.9 Å². The van der Waals surface area contributed by atoms with Crippen LogP contribution in [0.3, 0.4) is 0 Å². The zero-order valence-electron chi connectivity index (χ0n) is 24.9. The van der Waals surface area contributed by atoms with E-state index in [-0.39, 0.29) is 31.3 Å². The van der Waals surface area contributed by atoms with Gasteiger partial charge in [-0.25, -0.2) is 0 Å². The first-order valence-corrected chi connectivity index (χ1v) is 16.0. The van der Waals surface area contributed by atoms with Crippen LogP contribution in [0.2, 0.25) is 0 Å². The van der Waals surface area contributed by atoms with E-state index in [0.717, 1.165) is 16.7 Å². The normalized spacial score (nSPS) is 22.1. The average molecular weight is 619 g/mol. The Hall–Kier alpha value is -3.41. The third-order valence-electron chi connectivity index (χ3n) is 7.43. The molecule has 44 heavy (non-hydrogen) atoms. The van der Waals surface area contributed by atoms with Crippen LogP contribution in [-0.2, 0) is 57.8 Å². The van der Waals surface area contributed by atoms with E-state index in [1.54, 1.807) is 25.1 Å². The smallest absolute Gasteiger partial charge is 0.297 e. The van der Waals surface area contributed by atoms with Crippen LogP contribution in [0.4, 0.5) is 0 Å². The fourth-order valence-corrected chi connectivity index (χ4v) is 6.27. The van der Waals surface area contributed by atoms with Crippen molar-refractivity contribution in [3.8, 4) is 0 Å². The van der Waals surface area contributed by atoms with Crippen LogP contribution in [0.25, 0.3) is 0 Å². The number of rotatable bonds is 14. The number of ether oxygens (including phenoxy) is 5. The average Bonchev–Trinajstić information content (AvgIpc) is 3.06. The molecule has 5 atom stereocenters. The molecule has 1 aliphatic rings. The van der Waals surface area contributed by atoms with Gasteiger partial charge in [-0.05, 0) is 35.2 Å². The van der Waals surface area contributed by atoms with E-state index >= 15 is 0 Å². The van der Waals surface area contributed by atoms with Gasteiger partial charge in [-0.15, -0.1) is 0 Å². The molecule has 8 nitrogen and oxygen atoms in total. The second-order valence-corrected chi connectivity index (χ2v) is 12.2. The fraction of sp³-hybridized carbons (Fsp3) is 0.314. The Morgan fingerprint density at radius 1 is 0.614 bits per heavy atom. The highest BCUT2D eigenvalue weighted by molar-refractivity contribution is 7.86. The van der Waals surface area contributed by atoms with Crippen molar-refractivity contribution in [1.82, 2.24) is 0 Å². The van der Waals surface area contributed by atoms with Crippen LogP contribution in [-0.4, -0.2) is 52.8 Å². The van der Waals surface area contributed by atoms with Gasteiger partial charge in [0.05, 0.1) is 31.3 Å². The van der Waals surface area contributed by atoms with Crippen LogP contribution in [0.15, 0.2) is 120 Å². The van der Waals surface area contributed by atoms with Crippen molar-refractivity contribution in [2.75, 3.05) is 13.7 Å². The van der Waals surface area contributed by atoms with Crippen LogP contribution in [0, 0.1) is 6.92 Å². The monoisotopic (exact) mass is 618 g/mol. The molecule has 0 saturated carbocycles. The third-order valence-corrected chi connectivity index (χ3v) is 8.87. The summed E-state index contributed by atoms with van der Waals surface area (Å²) in [6.45, 7) is 2.21. The molecule has 0 amide bonds. The molecule has 9 heteroatoms. The van der Waals surface area contributed by atoms with Crippen molar-refractivity contribution in [1.29, 1.82) is 0 Å². The molecule has 0 aromatic heterocycles. The summed E-state index contributed by atoms with van der Waals surface area (Å²) in [5.41, 5.74) is 3.46. The number of aryl methyl sites for hydroxylation is 1. The summed E-state index contributed by atoms with van der Waals surface area (Å²) in [7, 11) is -2.57. The van der Waals surface area contributed by atoms with Crippen molar-refractivity contribution in [3.63, 3.8) is 0 Å². The number of hydrogen-bond acceptors (Lipinski definition) is 8. The lowest BCUT2D eigenvalue weighted by molar-refractivity contribution is -0.320. The maximum Gasteiger partial charge on any atom is 0.297 e. The van der Waals surface area contributed by atoms with Gasteiger partial charge in [0, 0.05) is 7.11 Å². The van der Waals surface area contributed by atoms with Crippen LogP contribution in [0.5, 0.6) is 0 Å². The zero-order chi connectivity index (χ0) is 30.8. The molecular weight excluding hydrogens is 580 g/mol. The van der Waals surface area contributed by atoms with Crippen molar-refractivity contribution in [3.05, 3.63) is 138 Å². The van der Waals surface area contributed by atoms with Gasteiger partial charge in [0.1, 0.15) is 24.4 Å². The summed E-state index contributed by atoms with van der Waals surface area (Å²) in [5.74, 6) is 0. The van der Waals surface area contributed by atoms with E-state index in [2.05, 4.69) is 0 Å². The minimum Gasteiger partial charge on any atom is -0.368 e. The fourth-order valence-electron chi connectivity index (χ4n) is 5.13. The lowest BCUT2D eigenvalue weighted by Gasteiger charge is -2.45.